The lowest BCUT2D eigenvalue weighted by molar-refractivity contribution is 0.392. The first-order valence-corrected chi connectivity index (χ1v) is 4.70. The molecular weight excluding hydrogens is 220 g/mol. The number of hydrogen-bond acceptors (Lipinski definition) is 3. The lowest BCUT2D eigenvalue weighted by Gasteiger charge is -2.04. The first-order chi connectivity index (χ1) is 7.22. The third-order valence-corrected chi connectivity index (χ3v) is 2.05. The summed E-state index contributed by atoms with van der Waals surface area (Å²) >= 11 is 5.41. The highest BCUT2D eigenvalue weighted by Gasteiger charge is 2.06. The zero-order valence-corrected chi connectivity index (χ0v) is 8.30. The molecule has 0 fully saturated rings. The Morgan fingerprint density at radius 3 is 2.80 bits per heavy atom. The van der Waals surface area contributed by atoms with Gasteiger partial charge in [-0.05, 0) is 12.1 Å². The van der Waals surface area contributed by atoms with Gasteiger partial charge < -0.3 is 9.72 Å². The summed E-state index contributed by atoms with van der Waals surface area (Å²) in [5.74, 6) is 0.347. The van der Waals surface area contributed by atoms with Gasteiger partial charge in [0.25, 0.3) is 5.56 Å². The molecule has 0 spiro atoms. The molecule has 1 aromatic carbocycles. The minimum atomic E-state index is -0.546. The molecule has 0 unspecified atom stereocenters. The Morgan fingerprint density at radius 1 is 1.27 bits per heavy atom. The van der Waals surface area contributed by atoms with Gasteiger partial charge in [0.15, 0.2) is 6.07 Å². The second-order valence-corrected chi connectivity index (χ2v) is 3.06. The van der Waals surface area contributed by atoms with E-state index in [0.717, 1.165) is 0 Å². The zero-order chi connectivity index (χ0) is 10.8. The molecule has 2 rings (SSSR count). The van der Waals surface area contributed by atoms with Crippen molar-refractivity contribution in [1.82, 2.24) is 9.97 Å². The van der Waals surface area contributed by atoms with Gasteiger partial charge in [-0.3, -0.25) is 9.78 Å². The van der Waals surface area contributed by atoms with Crippen LogP contribution >= 0.6 is 11.6 Å². The van der Waals surface area contributed by atoms with Gasteiger partial charge in [-0.2, -0.15) is 0 Å². The van der Waals surface area contributed by atoms with Crippen molar-refractivity contribution in [3.63, 3.8) is 0 Å². The molecule has 6 heteroatoms. The van der Waals surface area contributed by atoms with E-state index in [1.54, 1.807) is 18.2 Å². The van der Waals surface area contributed by atoms with E-state index in [1.165, 1.54) is 0 Å². The van der Waals surface area contributed by atoms with Crippen molar-refractivity contribution in [1.29, 1.82) is 0 Å². The summed E-state index contributed by atoms with van der Waals surface area (Å²) in [4.78, 5) is 27.1. The van der Waals surface area contributed by atoms with Gasteiger partial charge >= 0.3 is 5.69 Å². The van der Waals surface area contributed by atoms with Crippen molar-refractivity contribution >= 4 is 22.5 Å². The van der Waals surface area contributed by atoms with Gasteiger partial charge in [-0.15, -0.1) is 0 Å². The standard InChI is InChI=1S/C9H7ClN2O3/c10-4-15-6-3-1-2-5-7(6)8(13)12-9(14)11-5/h1-3H,4H2,(H2,11,12,13,14). The first-order valence-electron chi connectivity index (χ1n) is 4.16. The molecule has 0 bridgehead atoms. The molecule has 15 heavy (non-hydrogen) atoms. The third kappa shape index (κ3) is 1.73. The van der Waals surface area contributed by atoms with Crippen LogP contribution in [-0.4, -0.2) is 16.0 Å². The lowest BCUT2D eigenvalue weighted by atomic mass is 10.2. The highest BCUT2D eigenvalue weighted by atomic mass is 35.5. The third-order valence-electron chi connectivity index (χ3n) is 1.94. The fourth-order valence-electron chi connectivity index (χ4n) is 1.37. The zero-order valence-electron chi connectivity index (χ0n) is 7.54. The van der Waals surface area contributed by atoms with Crippen molar-refractivity contribution in [2.45, 2.75) is 0 Å². The summed E-state index contributed by atoms with van der Waals surface area (Å²) in [6, 6.07) is 4.84. The molecule has 0 saturated heterocycles. The van der Waals surface area contributed by atoms with Crippen molar-refractivity contribution in [2.75, 3.05) is 6.07 Å². The van der Waals surface area contributed by atoms with Crippen molar-refractivity contribution in [3.8, 4) is 5.75 Å². The van der Waals surface area contributed by atoms with E-state index in [1.807, 2.05) is 0 Å². The second kappa shape index (κ2) is 3.78. The van der Waals surface area contributed by atoms with E-state index in [2.05, 4.69) is 9.97 Å². The smallest absolute Gasteiger partial charge is 0.326 e. The number of fused-ring (bicyclic) bond motifs is 1. The molecule has 0 amide bonds. The number of rotatable bonds is 2. The van der Waals surface area contributed by atoms with Crippen LogP contribution < -0.4 is 16.0 Å². The second-order valence-electron chi connectivity index (χ2n) is 2.84. The minimum Gasteiger partial charge on any atom is -0.477 e. The Balaban J connectivity index is 2.85. The highest BCUT2D eigenvalue weighted by molar-refractivity contribution is 6.17. The van der Waals surface area contributed by atoms with Crippen LogP contribution in [0.25, 0.3) is 10.9 Å². The summed E-state index contributed by atoms with van der Waals surface area (Å²) < 4.78 is 5.06. The Labute approximate surface area is 88.7 Å². The summed E-state index contributed by atoms with van der Waals surface area (Å²) in [5.41, 5.74) is -0.614. The van der Waals surface area contributed by atoms with E-state index in [9.17, 15) is 9.59 Å². The molecule has 2 N–H and O–H groups in total. The predicted octanol–water partition coefficient (Wildman–Crippen LogP) is 0.792. The summed E-state index contributed by atoms with van der Waals surface area (Å²) in [6.45, 7) is 0. The number of aromatic amines is 2. The Morgan fingerprint density at radius 2 is 2.07 bits per heavy atom. The molecule has 1 aromatic heterocycles. The Bertz CT molecular complexity index is 602. The molecule has 5 nitrogen and oxygen atoms in total. The lowest BCUT2D eigenvalue weighted by Crippen LogP contribution is -2.22. The predicted molar refractivity (Wildman–Crippen MR) is 56.5 cm³/mol. The molecule has 0 aliphatic rings. The number of ether oxygens (including phenoxy) is 1. The van der Waals surface area contributed by atoms with Crippen LogP contribution in [0.4, 0.5) is 0 Å². The quantitative estimate of drug-likeness (QED) is 0.744. The minimum absolute atomic E-state index is 0.0579. The van der Waals surface area contributed by atoms with Crippen LogP contribution in [0.15, 0.2) is 27.8 Å². The van der Waals surface area contributed by atoms with Crippen LogP contribution in [0.3, 0.4) is 0 Å². The van der Waals surface area contributed by atoms with Gasteiger partial charge in [-0.25, -0.2) is 4.79 Å². The first kappa shape index (κ1) is 9.79. The number of benzene rings is 1. The fraction of sp³-hybridized carbons (Fsp3) is 0.111. The van der Waals surface area contributed by atoms with E-state index >= 15 is 0 Å². The van der Waals surface area contributed by atoms with Gasteiger partial charge in [0.2, 0.25) is 0 Å². The van der Waals surface area contributed by atoms with Crippen molar-refractivity contribution < 1.29 is 4.74 Å². The molecule has 1 heterocycles. The monoisotopic (exact) mass is 226 g/mol. The molecule has 2 aromatic rings. The summed E-state index contributed by atoms with van der Waals surface area (Å²) in [7, 11) is 0. The summed E-state index contributed by atoms with van der Waals surface area (Å²) in [6.07, 6.45) is 0. The number of nitrogens with one attached hydrogen (secondary N) is 2. The maximum atomic E-state index is 11.5. The average Bonchev–Trinajstić information content (AvgIpc) is 2.17. The Hall–Kier alpha value is -1.75. The van der Waals surface area contributed by atoms with Crippen LogP contribution in [0, 0.1) is 0 Å². The fourth-order valence-corrected chi connectivity index (χ4v) is 1.49. The van der Waals surface area contributed by atoms with Crippen LogP contribution in [0.2, 0.25) is 0 Å². The van der Waals surface area contributed by atoms with Crippen LogP contribution in [0.1, 0.15) is 0 Å². The number of alkyl halides is 1. The number of hydrogen-bond donors (Lipinski definition) is 2. The number of aromatic nitrogens is 2. The van der Waals surface area contributed by atoms with Crippen LogP contribution in [-0.2, 0) is 0 Å². The maximum Gasteiger partial charge on any atom is 0.326 e. The Kier molecular flexibility index (Phi) is 2.47. The number of H-pyrrole nitrogens is 2. The molecule has 0 aliphatic carbocycles. The molecular formula is C9H7ClN2O3. The molecule has 0 saturated carbocycles. The largest absolute Gasteiger partial charge is 0.477 e. The van der Waals surface area contributed by atoms with Gasteiger partial charge in [-0.1, -0.05) is 17.7 Å². The van der Waals surface area contributed by atoms with Crippen molar-refractivity contribution in [2.24, 2.45) is 0 Å². The average molecular weight is 227 g/mol. The topological polar surface area (TPSA) is 74.9 Å². The van der Waals surface area contributed by atoms with Gasteiger partial charge in [0.05, 0.1) is 5.52 Å². The molecule has 0 aliphatic heterocycles. The van der Waals surface area contributed by atoms with E-state index in [0.29, 0.717) is 11.3 Å². The van der Waals surface area contributed by atoms with Gasteiger partial charge in [0, 0.05) is 0 Å². The van der Waals surface area contributed by atoms with E-state index in [4.69, 9.17) is 16.3 Å². The van der Waals surface area contributed by atoms with Gasteiger partial charge in [0.1, 0.15) is 11.1 Å². The summed E-state index contributed by atoms with van der Waals surface area (Å²) in [5, 5.41) is 0.290. The van der Waals surface area contributed by atoms with Crippen molar-refractivity contribution in [3.05, 3.63) is 39.0 Å². The van der Waals surface area contributed by atoms with E-state index in [-0.39, 0.29) is 11.5 Å². The van der Waals surface area contributed by atoms with E-state index < -0.39 is 11.2 Å². The molecule has 78 valence electrons. The highest BCUT2D eigenvalue weighted by Crippen LogP contribution is 2.19. The normalized spacial score (nSPS) is 10.5. The molecule has 0 radical (unpaired) electrons. The SMILES string of the molecule is O=c1[nH]c(=O)c2c(OCCl)cccc2[nH]1. The molecule has 0 atom stereocenters. The van der Waals surface area contributed by atoms with Crippen LogP contribution in [0.5, 0.6) is 5.75 Å². The maximum absolute atomic E-state index is 11.5. The number of halogens is 1.